The molecule has 0 aromatic rings. The van der Waals surface area contributed by atoms with Crippen molar-refractivity contribution in [2.75, 3.05) is 39.6 Å². The number of hydrogen-bond acceptors (Lipinski definition) is 15. The highest BCUT2D eigenvalue weighted by atomic mass is 31.2. The molecule has 0 aromatic carbocycles. The van der Waals surface area contributed by atoms with Gasteiger partial charge in [0.15, 0.2) is 12.2 Å². The first kappa shape index (κ1) is 97.1. The lowest BCUT2D eigenvalue weighted by Crippen LogP contribution is -2.30. The van der Waals surface area contributed by atoms with Gasteiger partial charge in [0.2, 0.25) is 0 Å². The van der Waals surface area contributed by atoms with Crippen molar-refractivity contribution < 1.29 is 80.2 Å². The molecule has 5 atom stereocenters. The third-order valence-electron chi connectivity index (χ3n) is 18.8. The predicted octanol–water partition coefficient (Wildman–Crippen LogP) is 24.0. The summed E-state index contributed by atoms with van der Waals surface area (Å²) in [6.07, 6.45) is 64.0. The summed E-state index contributed by atoms with van der Waals surface area (Å²) in [4.78, 5) is 72.9. The molecule has 0 aromatic heterocycles. The Morgan fingerprint density at radius 2 is 0.465 bits per heavy atom. The number of rotatable bonds is 80. The zero-order chi connectivity index (χ0) is 72.7. The van der Waals surface area contributed by atoms with Gasteiger partial charge in [-0.15, -0.1) is 0 Å². The molecule has 0 radical (unpaired) electrons. The molecule has 0 fully saturated rings. The van der Waals surface area contributed by atoms with E-state index in [0.29, 0.717) is 25.7 Å². The van der Waals surface area contributed by atoms with Crippen LogP contribution in [0.4, 0.5) is 0 Å². The number of carbonyl (C=O) groups excluding carboxylic acids is 4. The molecule has 0 aliphatic carbocycles. The first-order chi connectivity index (χ1) is 48.0. The number of unbranched alkanes of at least 4 members (excludes halogenated alkanes) is 52. The summed E-state index contributed by atoms with van der Waals surface area (Å²) in [6.45, 7) is 7.28. The van der Waals surface area contributed by atoms with Crippen LogP contribution in [0.5, 0.6) is 0 Å². The van der Waals surface area contributed by atoms with Gasteiger partial charge in [-0.1, -0.05) is 375 Å². The van der Waals surface area contributed by atoms with E-state index in [2.05, 4.69) is 34.6 Å². The first-order valence-electron chi connectivity index (χ1n) is 41.6. The first-order valence-corrected chi connectivity index (χ1v) is 44.6. The number of phosphoric ester groups is 2. The van der Waals surface area contributed by atoms with Crippen LogP contribution in [0.25, 0.3) is 0 Å². The van der Waals surface area contributed by atoms with Crippen molar-refractivity contribution in [3.05, 3.63) is 0 Å². The second-order valence-corrected chi connectivity index (χ2v) is 32.2. The standard InChI is InChI=1S/C80H156O17P2/c1-6-9-12-15-18-21-23-25-27-29-31-32-34-36-38-40-45-50-55-60-65-79(84)97-76(70-91-78(83)64-59-54-49-44-39-37-35-33-30-28-26-24-22-19-16-13-10-7-2)72-95-99(88,89)93-68-74(81)67-92-98(86,87)94-71-75(69-90-77(82)63-58-53-48-20-17-14-11-8-3)96-80(85)66-61-56-51-46-42-41-43-47-52-57-62-73(4)5/h73-76,81H,6-72H2,1-5H3,(H,86,87)(H,88,89)/t74-,75+,76+/m0/s1. The van der Waals surface area contributed by atoms with Crippen LogP contribution in [0.15, 0.2) is 0 Å². The lowest BCUT2D eigenvalue weighted by atomic mass is 10.0. The number of esters is 4. The van der Waals surface area contributed by atoms with Crippen LogP contribution >= 0.6 is 15.6 Å². The van der Waals surface area contributed by atoms with Crippen LogP contribution in [-0.2, 0) is 65.4 Å². The van der Waals surface area contributed by atoms with Crippen molar-refractivity contribution in [1.29, 1.82) is 0 Å². The van der Waals surface area contributed by atoms with Crippen molar-refractivity contribution >= 4 is 39.5 Å². The molecule has 0 aliphatic rings. The molecule has 0 aliphatic heterocycles. The molecule has 0 amide bonds. The molecular formula is C80H156O17P2. The smallest absolute Gasteiger partial charge is 0.462 e. The summed E-state index contributed by atoms with van der Waals surface area (Å²) < 4.78 is 68.6. The normalized spacial score (nSPS) is 13.9. The second kappa shape index (κ2) is 73.0. The minimum absolute atomic E-state index is 0.106. The van der Waals surface area contributed by atoms with E-state index in [4.69, 9.17) is 37.0 Å². The van der Waals surface area contributed by atoms with Crippen LogP contribution in [-0.4, -0.2) is 96.7 Å². The lowest BCUT2D eigenvalue weighted by Gasteiger charge is -2.21. The Bertz CT molecular complexity index is 1890. The van der Waals surface area contributed by atoms with Gasteiger partial charge in [-0.25, -0.2) is 9.13 Å². The third-order valence-corrected chi connectivity index (χ3v) is 20.7. The van der Waals surface area contributed by atoms with Gasteiger partial charge in [-0.2, -0.15) is 0 Å². The summed E-state index contributed by atoms with van der Waals surface area (Å²) in [5, 5.41) is 10.6. The third kappa shape index (κ3) is 74.1. The number of aliphatic hydroxyl groups is 1. The van der Waals surface area contributed by atoms with Gasteiger partial charge in [0.1, 0.15) is 19.3 Å². The minimum atomic E-state index is -4.96. The van der Waals surface area contributed by atoms with Crippen molar-refractivity contribution in [3.63, 3.8) is 0 Å². The van der Waals surface area contributed by atoms with Gasteiger partial charge < -0.3 is 33.8 Å². The highest BCUT2D eigenvalue weighted by molar-refractivity contribution is 7.47. The molecule has 3 N–H and O–H groups in total. The van der Waals surface area contributed by atoms with Gasteiger partial charge in [-0.3, -0.25) is 37.3 Å². The van der Waals surface area contributed by atoms with E-state index in [1.807, 2.05) is 0 Å². The highest BCUT2D eigenvalue weighted by Crippen LogP contribution is 2.45. The van der Waals surface area contributed by atoms with Crippen molar-refractivity contribution in [2.24, 2.45) is 5.92 Å². The Kier molecular flexibility index (Phi) is 71.6. The Labute approximate surface area is 607 Å². The Balaban J connectivity index is 5.19. The largest absolute Gasteiger partial charge is 0.472 e. The van der Waals surface area contributed by atoms with E-state index in [1.165, 1.54) is 244 Å². The Morgan fingerprint density at radius 3 is 0.687 bits per heavy atom. The van der Waals surface area contributed by atoms with Gasteiger partial charge in [0.25, 0.3) is 0 Å². The number of phosphoric acid groups is 2. The van der Waals surface area contributed by atoms with E-state index in [0.717, 1.165) is 102 Å². The molecule has 19 heteroatoms. The summed E-state index contributed by atoms with van der Waals surface area (Å²) >= 11 is 0. The maximum absolute atomic E-state index is 13.1. The van der Waals surface area contributed by atoms with Crippen molar-refractivity contribution in [1.82, 2.24) is 0 Å². The Hall–Kier alpha value is -1.94. The van der Waals surface area contributed by atoms with Crippen molar-refractivity contribution in [3.8, 4) is 0 Å². The molecule has 0 rings (SSSR count). The second-order valence-electron chi connectivity index (χ2n) is 29.3. The zero-order valence-electron chi connectivity index (χ0n) is 64.6. The molecular weight excluding hydrogens is 1290 g/mol. The van der Waals surface area contributed by atoms with Crippen LogP contribution in [0.2, 0.25) is 0 Å². The Morgan fingerprint density at radius 1 is 0.273 bits per heavy atom. The molecule has 0 saturated carbocycles. The van der Waals surface area contributed by atoms with E-state index in [9.17, 15) is 43.2 Å². The van der Waals surface area contributed by atoms with Crippen LogP contribution < -0.4 is 0 Å². The van der Waals surface area contributed by atoms with E-state index < -0.39 is 97.5 Å². The van der Waals surface area contributed by atoms with Crippen LogP contribution in [0.3, 0.4) is 0 Å². The molecule has 0 spiro atoms. The summed E-state index contributed by atoms with van der Waals surface area (Å²) in [6, 6.07) is 0. The fraction of sp³-hybridized carbons (Fsp3) is 0.950. The topological polar surface area (TPSA) is 237 Å². The quantitative estimate of drug-likeness (QED) is 0.0222. The highest BCUT2D eigenvalue weighted by Gasteiger charge is 2.30. The fourth-order valence-electron chi connectivity index (χ4n) is 12.4. The molecule has 0 bridgehead atoms. The number of aliphatic hydroxyl groups excluding tert-OH is 1. The van der Waals surface area contributed by atoms with Gasteiger partial charge >= 0.3 is 39.5 Å². The number of ether oxygens (including phenoxy) is 4. The van der Waals surface area contributed by atoms with Gasteiger partial charge in [0.05, 0.1) is 26.4 Å². The van der Waals surface area contributed by atoms with Gasteiger partial charge in [0, 0.05) is 25.7 Å². The van der Waals surface area contributed by atoms with Crippen LogP contribution in [0, 0.1) is 5.92 Å². The molecule has 588 valence electrons. The van der Waals surface area contributed by atoms with E-state index >= 15 is 0 Å². The molecule has 0 heterocycles. The predicted molar refractivity (Wildman–Crippen MR) is 405 cm³/mol. The summed E-state index contributed by atoms with van der Waals surface area (Å²) in [5.41, 5.74) is 0. The molecule has 2 unspecified atom stereocenters. The summed E-state index contributed by atoms with van der Waals surface area (Å²) in [7, 11) is -9.91. The maximum Gasteiger partial charge on any atom is 0.472 e. The molecule has 0 saturated heterocycles. The molecule has 17 nitrogen and oxygen atoms in total. The SMILES string of the molecule is CCCCCCCCCCCCCCCCCCCCCCC(=O)O[C@H](COC(=O)CCCCCCCCCCCCCCCCCCCC)COP(=O)(O)OC[C@@H](O)COP(=O)(O)OC[C@@H](COC(=O)CCCCCCCCCC)OC(=O)CCCCCCCCCCCCC(C)C. The maximum atomic E-state index is 13.1. The lowest BCUT2D eigenvalue weighted by molar-refractivity contribution is -0.161. The van der Waals surface area contributed by atoms with E-state index in [1.54, 1.807) is 0 Å². The summed E-state index contributed by atoms with van der Waals surface area (Å²) in [5.74, 6) is -1.36. The van der Waals surface area contributed by atoms with E-state index in [-0.39, 0.29) is 25.7 Å². The average molecular weight is 1450 g/mol. The fourth-order valence-corrected chi connectivity index (χ4v) is 14.0. The minimum Gasteiger partial charge on any atom is -0.462 e. The van der Waals surface area contributed by atoms with Crippen LogP contribution in [0.1, 0.15) is 426 Å². The number of carbonyl (C=O) groups is 4. The van der Waals surface area contributed by atoms with Crippen molar-refractivity contribution in [2.45, 2.75) is 445 Å². The number of hydrogen-bond donors (Lipinski definition) is 3. The molecule has 99 heavy (non-hydrogen) atoms. The monoisotopic (exact) mass is 1450 g/mol. The average Bonchev–Trinajstić information content (AvgIpc) is 1.19. The zero-order valence-corrected chi connectivity index (χ0v) is 66.4. The van der Waals surface area contributed by atoms with Gasteiger partial charge in [-0.05, 0) is 31.6 Å².